The second kappa shape index (κ2) is 30.7. The summed E-state index contributed by atoms with van der Waals surface area (Å²) < 4.78 is 57.7. The molecular formula is C31H64N9O14P3. The average molecular weight is 880 g/mol. The molecule has 2 unspecified atom stereocenters. The van der Waals surface area contributed by atoms with Gasteiger partial charge in [0.25, 0.3) is 5.56 Å². The van der Waals surface area contributed by atoms with Gasteiger partial charge < -0.3 is 49.5 Å². The third kappa shape index (κ3) is 25.7. The zero-order chi connectivity index (χ0) is 44.2. The Morgan fingerprint density at radius 2 is 1.35 bits per heavy atom. The van der Waals surface area contributed by atoms with Crippen LogP contribution >= 0.6 is 23.5 Å². The summed E-state index contributed by atoms with van der Waals surface area (Å²) >= 11 is 0. The quantitative estimate of drug-likeness (QED) is 0.0360. The van der Waals surface area contributed by atoms with Crippen LogP contribution in [-0.4, -0.2) is 135 Å². The van der Waals surface area contributed by atoms with Crippen LogP contribution in [0.15, 0.2) is 20.9 Å². The number of nitrogens with zero attached hydrogens (tertiary/aromatic N) is 7. The number of aromatic nitrogens is 2. The number of phosphoric ester groups is 1. The van der Waals surface area contributed by atoms with Gasteiger partial charge in [-0.1, -0.05) is 79.3 Å². The van der Waals surface area contributed by atoms with E-state index in [1.807, 2.05) is 4.98 Å². The highest BCUT2D eigenvalue weighted by molar-refractivity contribution is 7.66. The molecule has 1 aromatic heterocycles. The Morgan fingerprint density at radius 1 is 0.877 bits per heavy atom. The van der Waals surface area contributed by atoms with Crippen LogP contribution in [0.3, 0.4) is 0 Å². The van der Waals surface area contributed by atoms with Crippen molar-refractivity contribution in [1.82, 2.24) is 24.3 Å². The molecule has 0 saturated carbocycles. The van der Waals surface area contributed by atoms with E-state index in [1.165, 1.54) is 58.9 Å². The number of hydrogen-bond donors (Lipinski definition) is 6. The molecule has 57 heavy (non-hydrogen) atoms. The molecule has 0 spiro atoms. The van der Waals surface area contributed by atoms with E-state index >= 15 is 0 Å². The zero-order valence-electron chi connectivity index (χ0n) is 34.4. The molecule has 0 aromatic carbocycles. The second-order valence-corrected chi connectivity index (χ2v) is 15.8. The van der Waals surface area contributed by atoms with E-state index in [2.05, 4.69) is 112 Å². The molecule has 23 nitrogen and oxygen atoms in total. The maximum atomic E-state index is 12.3. The van der Waals surface area contributed by atoms with Gasteiger partial charge in [0.1, 0.15) is 24.6 Å². The topological polar surface area (TPSA) is 318 Å². The molecule has 1 fully saturated rings. The summed E-state index contributed by atoms with van der Waals surface area (Å²) in [6.07, 6.45) is -2.61. The largest absolute Gasteiger partial charge is 0.490 e. The fraction of sp³-hybridized carbons (Fsp3) is 0.806. The van der Waals surface area contributed by atoms with E-state index in [1.54, 1.807) is 0 Å². The molecule has 1 saturated heterocycles. The van der Waals surface area contributed by atoms with Gasteiger partial charge in [-0.2, -0.15) is 8.62 Å². The molecule has 1 aliphatic heterocycles. The van der Waals surface area contributed by atoms with Gasteiger partial charge in [-0.15, -0.1) is 0 Å². The first kappa shape index (κ1) is 56.8. The minimum Gasteiger partial charge on any atom is -0.369 e. The Morgan fingerprint density at radius 3 is 1.74 bits per heavy atom. The van der Waals surface area contributed by atoms with E-state index in [0.29, 0.717) is 0 Å². The van der Waals surface area contributed by atoms with E-state index in [0.717, 1.165) is 10.8 Å². The minimum absolute atomic E-state index is 0.0729. The van der Waals surface area contributed by atoms with E-state index < -0.39 is 66.5 Å². The Labute approximate surface area is 334 Å². The molecule has 7 N–H and O–H groups in total. The van der Waals surface area contributed by atoms with Gasteiger partial charge in [0.05, 0.1) is 19.3 Å². The van der Waals surface area contributed by atoms with Gasteiger partial charge in [0.15, 0.2) is 0 Å². The molecule has 0 radical (unpaired) electrons. The molecule has 26 heteroatoms. The van der Waals surface area contributed by atoms with Crippen LogP contribution in [0.4, 0.5) is 0 Å². The van der Waals surface area contributed by atoms with Gasteiger partial charge in [-0.25, -0.2) is 18.5 Å². The van der Waals surface area contributed by atoms with Crippen LogP contribution in [-0.2, 0) is 36.3 Å². The number of hydrogen-bond acceptors (Lipinski definition) is 15. The van der Waals surface area contributed by atoms with Gasteiger partial charge in [0.2, 0.25) is 0 Å². The van der Waals surface area contributed by atoms with Crippen molar-refractivity contribution in [1.29, 1.82) is 0 Å². The molecule has 0 amide bonds. The highest BCUT2D eigenvalue weighted by Gasteiger charge is 2.43. The highest BCUT2D eigenvalue weighted by atomic mass is 31.3. The number of nitrogens with one attached hydrogen (secondary N) is 1. The van der Waals surface area contributed by atoms with Crippen LogP contribution in [0, 0.1) is 11.8 Å². The monoisotopic (exact) mass is 879 g/mol. The predicted octanol–water partition coefficient (Wildman–Crippen LogP) is 3.17. The van der Waals surface area contributed by atoms with E-state index in [9.17, 15) is 33.1 Å². The van der Waals surface area contributed by atoms with Crippen molar-refractivity contribution in [2.24, 2.45) is 10.8 Å². The maximum absolute atomic E-state index is 12.3. The van der Waals surface area contributed by atoms with Crippen LogP contribution in [0.1, 0.15) is 80.5 Å². The fourth-order valence-corrected chi connectivity index (χ4v) is 7.80. The first-order valence-electron chi connectivity index (χ1n) is 18.5. The third-order valence-electron chi connectivity index (χ3n) is 8.04. The highest BCUT2D eigenvalue weighted by Crippen LogP contribution is 2.66. The number of H-pyrrole nitrogens is 1. The Balaban J connectivity index is 0. The lowest BCUT2D eigenvalue weighted by atomic mass is 10.2. The van der Waals surface area contributed by atoms with Gasteiger partial charge >= 0.3 is 29.2 Å². The molecule has 5 atom stereocenters. The third-order valence-corrected chi connectivity index (χ3v) is 11.8. The molecule has 2 heterocycles. The summed E-state index contributed by atoms with van der Waals surface area (Å²) in [4.78, 5) is 71.8. The van der Waals surface area contributed by atoms with Crippen molar-refractivity contribution in [2.45, 2.75) is 87.2 Å². The SMILES string of the molecule is CCN(CC)CC.CCN(CC)CC.CCN(CC)CC.[N-]=[N+]=NCO[C@@H]1C[C@H](n2cc(C#CCN)c(=O)[nH]c2=O)O[C@@H]1COP(=O)(O)OP(=O)(O)OP(=O)(O)O. The summed E-state index contributed by atoms with van der Waals surface area (Å²) in [5.41, 5.74) is 11.8. The number of nitrogens with two attached hydrogens (primary N) is 1. The molecule has 332 valence electrons. The van der Waals surface area contributed by atoms with Crippen molar-refractivity contribution in [3.8, 4) is 11.8 Å². The number of ether oxygens (including phenoxy) is 2. The molecular weight excluding hydrogens is 815 g/mol. The van der Waals surface area contributed by atoms with Crippen LogP contribution < -0.4 is 17.0 Å². The standard InChI is InChI=1S/C13H19N6O14P3.3C6H15N/c14-3-1-2-8-5-19(13(21)17-12(8)20)11-4-9(29-7-16-18-15)10(31-11)6-30-35(25,26)33-36(27,28)32-34(22,23)24;3*1-4-7(5-2)6-3/h5,9-11H,3-4,6-7,14H2,(H,25,26)(H,27,28)(H,17,20,21)(H2,22,23,24);3*4-6H2,1-3H3/t9-,10-,11-;;;/m1.../s1. The summed E-state index contributed by atoms with van der Waals surface area (Å²) in [5, 5.41) is 3.16. The first-order chi connectivity index (χ1) is 26.7. The fourth-order valence-electron chi connectivity index (χ4n) is 4.77. The van der Waals surface area contributed by atoms with Crippen molar-refractivity contribution >= 4 is 23.5 Å². The Bertz CT molecular complexity index is 1590. The van der Waals surface area contributed by atoms with E-state index in [-0.39, 0.29) is 18.5 Å². The van der Waals surface area contributed by atoms with Crippen molar-refractivity contribution in [3.63, 3.8) is 0 Å². The number of aromatic amines is 1. The number of rotatable bonds is 20. The lowest BCUT2D eigenvalue weighted by Gasteiger charge is -2.20. The molecule has 0 aliphatic carbocycles. The summed E-state index contributed by atoms with van der Waals surface area (Å²) in [6, 6.07) is 0. The molecule has 0 bridgehead atoms. The Hall–Kier alpha value is -2.28. The molecule has 1 aromatic rings. The summed E-state index contributed by atoms with van der Waals surface area (Å²) in [5.74, 6) is 4.90. The summed E-state index contributed by atoms with van der Waals surface area (Å²) in [7, 11) is -16.8. The lowest BCUT2D eigenvalue weighted by molar-refractivity contribution is -0.0601. The van der Waals surface area contributed by atoms with Crippen LogP contribution in [0.25, 0.3) is 10.4 Å². The van der Waals surface area contributed by atoms with E-state index in [4.69, 9.17) is 30.5 Å². The number of azide groups is 1. The lowest BCUT2D eigenvalue weighted by Crippen LogP contribution is -2.33. The van der Waals surface area contributed by atoms with Crippen molar-refractivity contribution < 1.29 is 55.9 Å². The van der Waals surface area contributed by atoms with Crippen LogP contribution in [0.2, 0.25) is 0 Å². The zero-order valence-corrected chi connectivity index (χ0v) is 37.1. The van der Waals surface area contributed by atoms with Crippen LogP contribution in [0.5, 0.6) is 0 Å². The predicted molar refractivity (Wildman–Crippen MR) is 215 cm³/mol. The molecule has 1 aliphatic rings. The Kier molecular flexibility index (Phi) is 30.6. The number of phosphoric acid groups is 3. The van der Waals surface area contributed by atoms with Gasteiger partial charge in [-0.3, -0.25) is 18.9 Å². The van der Waals surface area contributed by atoms with Crippen molar-refractivity contribution in [3.05, 3.63) is 43.0 Å². The molecule has 2 rings (SSSR count). The normalized spacial score (nSPS) is 18.4. The van der Waals surface area contributed by atoms with Gasteiger partial charge in [-0.05, 0) is 64.4 Å². The van der Waals surface area contributed by atoms with Crippen molar-refractivity contribution in [2.75, 3.05) is 78.8 Å². The first-order valence-corrected chi connectivity index (χ1v) is 23.0. The maximum Gasteiger partial charge on any atom is 0.490 e. The minimum atomic E-state index is -5.75. The second-order valence-electron chi connectivity index (χ2n) is 11.4. The van der Waals surface area contributed by atoms with Gasteiger partial charge in [0, 0.05) is 17.5 Å². The summed E-state index contributed by atoms with van der Waals surface area (Å²) in [6.45, 7) is 28.9. The smallest absolute Gasteiger partial charge is 0.369 e. The average Bonchev–Trinajstić information content (AvgIpc) is 3.54.